The van der Waals surface area contributed by atoms with E-state index >= 15 is 0 Å². The van der Waals surface area contributed by atoms with Crippen LogP contribution in [0.4, 0.5) is 5.13 Å². The summed E-state index contributed by atoms with van der Waals surface area (Å²) in [6.45, 7) is 0. The maximum absolute atomic E-state index is 11.9. The van der Waals surface area contributed by atoms with E-state index in [2.05, 4.69) is 10.3 Å². The van der Waals surface area contributed by atoms with E-state index in [1.165, 1.54) is 23.4 Å². The maximum atomic E-state index is 11.9. The molecule has 110 valence electrons. The maximum Gasteiger partial charge on any atom is 0.250 e. The molecular formula is C16H17ClN2OS. The van der Waals surface area contributed by atoms with Gasteiger partial charge >= 0.3 is 0 Å². The second-order valence-corrected chi connectivity index (χ2v) is 5.91. The quantitative estimate of drug-likeness (QED) is 0.865. The van der Waals surface area contributed by atoms with Crippen molar-refractivity contribution in [1.82, 2.24) is 4.98 Å². The van der Waals surface area contributed by atoms with Crippen LogP contribution in [0.2, 0.25) is 0 Å². The summed E-state index contributed by atoms with van der Waals surface area (Å²) in [5.41, 5.74) is 2.18. The molecule has 0 aliphatic heterocycles. The van der Waals surface area contributed by atoms with Crippen molar-refractivity contribution in [1.29, 1.82) is 0 Å². The number of carbonyl (C=O) groups excluding carboxylic acids is 1. The van der Waals surface area contributed by atoms with E-state index in [1.54, 1.807) is 17.4 Å². The smallest absolute Gasteiger partial charge is 0.250 e. The molecule has 1 aromatic carbocycles. The van der Waals surface area contributed by atoms with Crippen LogP contribution < -0.4 is 5.32 Å². The van der Waals surface area contributed by atoms with E-state index < -0.39 is 0 Å². The molecule has 1 aliphatic rings. The number of nitrogens with one attached hydrogen (secondary N) is 1. The number of carbonyl (C=O) groups is 1. The Morgan fingerprint density at radius 1 is 1.19 bits per heavy atom. The Hall–Kier alpha value is -1.65. The highest BCUT2D eigenvalue weighted by Crippen LogP contribution is 2.29. The number of aryl methyl sites for hydroxylation is 2. The van der Waals surface area contributed by atoms with Crippen molar-refractivity contribution in [2.75, 3.05) is 5.32 Å². The fourth-order valence-electron chi connectivity index (χ4n) is 2.29. The van der Waals surface area contributed by atoms with Gasteiger partial charge in [0.25, 0.3) is 0 Å². The van der Waals surface area contributed by atoms with Crippen LogP contribution in [0.25, 0.3) is 6.08 Å². The zero-order valence-electron chi connectivity index (χ0n) is 11.5. The van der Waals surface area contributed by atoms with E-state index in [0.29, 0.717) is 0 Å². The van der Waals surface area contributed by atoms with Crippen LogP contribution >= 0.6 is 23.7 Å². The van der Waals surface area contributed by atoms with Crippen molar-refractivity contribution in [3.63, 3.8) is 0 Å². The van der Waals surface area contributed by atoms with Crippen LogP contribution in [-0.4, -0.2) is 10.9 Å². The van der Waals surface area contributed by atoms with Gasteiger partial charge in [-0.15, -0.1) is 23.7 Å². The average molecular weight is 321 g/mol. The molecule has 1 heterocycles. The highest BCUT2D eigenvalue weighted by molar-refractivity contribution is 7.15. The van der Waals surface area contributed by atoms with Gasteiger partial charge in [-0.2, -0.15) is 0 Å². The Kier molecular flexibility index (Phi) is 5.53. The third kappa shape index (κ3) is 4.16. The molecule has 2 aromatic rings. The zero-order valence-corrected chi connectivity index (χ0v) is 13.2. The monoisotopic (exact) mass is 320 g/mol. The summed E-state index contributed by atoms with van der Waals surface area (Å²) >= 11 is 1.61. The van der Waals surface area contributed by atoms with Gasteiger partial charge in [0, 0.05) is 11.0 Å². The Bertz CT molecular complexity index is 613. The third-order valence-corrected chi connectivity index (χ3v) is 4.38. The third-order valence-electron chi connectivity index (χ3n) is 3.30. The summed E-state index contributed by atoms with van der Waals surface area (Å²) in [5, 5.41) is 3.57. The molecule has 1 amide bonds. The van der Waals surface area contributed by atoms with E-state index in [4.69, 9.17) is 0 Å². The lowest BCUT2D eigenvalue weighted by Crippen LogP contribution is -2.07. The molecule has 5 heteroatoms. The number of thiazole rings is 1. The van der Waals surface area contributed by atoms with Gasteiger partial charge < -0.3 is 0 Å². The number of nitrogens with zero attached hydrogens (tertiary/aromatic N) is 1. The van der Waals surface area contributed by atoms with Crippen LogP contribution in [0.15, 0.2) is 36.4 Å². The number of aromatic nitrogens is 1. The molecule has 0 spiro atoms. The van der Waals surface area contributed by atoms with E-state index in [9.17, 15) is 4.79 Å². The minimum atomic E-state index is -0.125. The van der Waals surface area contributed by atoms with Gasteiger partial charge in [0.05, 0.1) is 5.69 Å². The molecule has 0 fully saturated rings. The predicted octanol–water partition coefficient (Wildman–Crippen LogP) is 4.10. The topological polar surface area (TPSA) is 42.0 Å². The number of halogens is 1. The van der Waals surface area contributed by atoms with E-state index in [1.807, 2.05) is 36.4 Å². The van der Waals surface area contributed by atoms with Gasteiger partial charge in [-0.3, -0.25) is 10.1 Å². The molecule has 0 atom stereocenters. The Morgan fingerprint density at radius 2 is 1.95 bits per heavy atom. The number of amides is 1. The fraction of sp³-hybridized carbons (Fsp3) is 0.250. The first-order valence-corrected chi connectivity index (χ1v) is 7.65. The Labute approximate surface area is 134 Å². The molecule has 0 radical (unpaired) electrons. The molecule has 0 unspecified atom stereocenters. The predicted molar refractivity (Wildman–Crippen MR) is 90.1 cm³/mol. The number of fused-ring (bicyclic) bond motifs is 1. The SMILES string of the molecule is Cl.O=C(/C=C/c1ccccc1)Nc1nc2c(s1)CCCC2. The Morgan fingerprint density at radius 3 is 2.71 bits per heavy atom. The van der Waals surface area contributed by atoms with Crippen LogP contribution in [0.5, 0.6) is 0 Å². The number of anilines is 1. The van der Waals surface area contributed by atoms with Crippen molar-refractivity contribution in [3.05, 3.63) is 52.5 Å². The molecule has 0 bridgehead atoms. The molecule has 1 aromatic heterocycles. The molecule has 0 saturated carbocycles. The summed E-state index contributed by atoms with van der Waals surface area (Å²) in [6.07, 6.45) is 7.94. The van der Waals surface area contributed by atoms with Crippen molar-refractivity contribution in [3.8, 4) is 0 Å². The van der Waals surface area contributed by atoms with E-state index in [0.717, 1.165) is 23.5 Å². The van der Waals surface area contributed by atoms with Crippen molar-refractivity contribution in [2.45, 2.75) is 25.7 Å². The first-order valence-electron chi connectivity index (χ1n) is 6.84. The Balaban J connectivity index is 0.00000161. The highest BCUT2D eigenvalue weighted by atomic mass is 35.5. The molecule has 3 rings (SSSR count). The standard InChI is InChI=1S/C16H16N2OS.ClH/c19-15(11-10-12-6-2-1-3-7-12)18-16-17-13-8-4-5-9-14(13)20-16;/h1-3,6-7,10-11H,4-5,8-9H2,(H,17,18,19);1H/b11-10+;. The second-order valence-electron chi connectivity index (χ2n) is 4.83. The second kappa shape index (κ2) is 7.38. The van der Waals surface area contributed by atoms with Gasteiger partial charge in [0.15, 0.2) is 5.13 Å². The van der Waals surface area contributed by atoms with Gasteiger partial charge in [0.2, 0.25) is 5.91 Å². The fourth-order valence-corrected chi connectivity index (χ4v) is 3.34. The summed E-state index contributed by atoms with van der Waals surface area (Å²) in [5.74, 6) is -0.125. The lowest BCUT2D eigenvalue weighted by Gasteiger charge is -2.06. The van der Waals surface area contributed by atoms with Crippen molar-refractivity contribution >= 4 is 40.9 Å². The molecule has 1 N–H and O–H groups in total. The first kappa shape index (κ1) is 15.7. The molecule has 0 saturated heterocycles. The van der Waals surface area contributed by atoms with Crippen molar-refractivity contribution < 1.29 is 4.79 Å². The number of hydrogen-bond acceptors (Lipinski definition) is 3. The number of rotatable bonds is 3. The minimum Gasteiger partial charge on any atom is -0.298 e. The highest BCUT2D eigenvalue weighted by Gasteiger charge is 2.15. The lowest BCUT2D eigenvalue weighted by atomic mass is 10.0. The summed E-state index contributed by atoms with van der Waals surface area (Å²) in [7, 11) is 0. The van der Waals surface area contributed by atoms with Crippen LogP contribution in [0.1, 0.15) is 29.0 Å². The number of hydrogen-bond donors (Lipinski definition) is 1. The molecule has 21 heavy (non-hydrogen) atoms. The van der Waals surface area contributed by atoms with E-state index in [-0.39, 0.29) is 18.3 Å². The zero-order chi connectivity index (χ0) is 13.8. The first-order chi connectivity index (χ1) is 9.81. The minimum absolute atomic E-state index is 0. The number of benzene rings is 1. The summed E-state index contributed by atoms with van der Waals surface area (Å²) < 4.78 is 0. The summed E-state index contributed by atoms with van der Waals surface area (Å²) in [4.78, 5) is 17.7. The van der Waals surface area contributed by atoms with Gasteiger partial charge in [0.1, 0.15) is 0 Å². The molecule has 1 aliphatic carbocycles. The van der Waals surface area contributed by atoms with Crippen LogP contribution in [0.3, 0.4) is 0 Å². The van der Waals surface area contributed by atoms with Crippen molar-refractivity contribution in [2.24, 2.45) is 0 Å². The normalized spacial score (nSPS) is 13.5. The average Bonchev–Trinajstić information content (AvgIpc) is 2.88. The molecule has 3 nitrogen and oxygen atoms in total. The largest absolute Gasteiger partial charge is 0.298 e. The van der Waals surface area contributed by atoms with Crippen LogP contribution in [-0.2, 0) is 17.6 Å². The van der Waals surface area contributed by atoms with Crippen LogP contribution in [0, 0.1) is 0 Å². The van der Waals surface area contributed by atoms with Gasteiger partial charge in [-0.25, -0.2) is 4.98 Å². The summed E-state index contributed by atoms with van der Waals surface area (Å²) in [6, 6.07) is 9.79. The van der Waals surface area contributed by atoms with Gasteiger partial charge in [-0.1, -0.05) is 30.3 Å². The molecular weight excluding hydrogens is 304 g/mol. The lowest BCUT2D eigenvalue weighted by molar-refractivity contribution is -0.111. The van der Waals surface area contributed by atoms with Gasteiger partial charge in [-0.05, 0) is 37.3 Å².